The average Bonchev–Trinajstić information content (AvgIpc) is 2.85. The molecule has 0 saturated heterocycles. The van der Waals surface area contributed by atoms with Crippen molar-refractivity contribution >= 4 is 39.2 Å². The summed E-state index contributed by atoms with van der Waals surface area (Å²) in [6, 6.07) is 18.7. The van der Waals surface area contributed by atoms with Crippen molar-refractivity contribution < 1.29 is 23.1 Å². The molecule has 3 aromatic carbocycles. The van der Waals surface area contributed by atoms with Crippen molar-refractivity contribution in [3.8, 4) is 0 Å². The minimum absolute atomic E-state index is 0.0149. The first-order valence-electron chi connectivity index (χ1n) is 11.5. The third-order valence-corrected chi connectivity index (χ3v) is 7.85. The fourth-order valence-corrected chi connectivity index (χ4v) is 5.56. The number of carboxylic acids is 1. The highest BCUT2D eigenvalue weighted by Gasteiger charge is 2.29. The van der Waals surface area contributed by atoms with Gasteiger partial charge in [0.15, 0.2) is 0 Å². The summed E-state index contributed by atoms with van der Waals surface area (Å²) in [5.74, 6) is -1.36. The van der Waals surface area contributed by atoms with Crippen molar-refractivity contribution in [1.82, 2.24) is 5.32 Å². The van der Waals surface area contributed by atoms with Gasteiger partial charge >= 0.3 is 5.97 Å². The van der Waals surface area contributed by atoms with Crippen LogP contribution in [0.3, 0.4) is 0 Å². The van der Waals surface area contributed by atoms with E-state index in [0.29, 0.717) is 29.1 Å². The number of amides is 1. The monoisotopic (exact) mass is 528 g/mol. The summed E-state index contributed by atoms with van der Waals surface area (Å²) < 4.78 is 28.4. The number of nitrogens with one attached hydrogen (secondary N) is 1. The van der Waals surface area contributed by atoms with E-state index in [1.807, 2.05) is 32.0 Å². The Labute approximate surface area is 216 Å². The topological polar surface area (TPSA) is 104 Å². The van der Waals surface area contributed by atoms with Gasteiger partial charge in [0.2, 0.25) is 5.91 Å². The van der Waals surface area contributed by atoms with Gasteiger partial charge in [0, 0.05) is 18.0 Å². The Morgan fingerprint density at radius 3 is 2.33 bits per heavy atom. The highest BCUT2D eigenvalue weighted by Crippen LogP contribution is 2.32. The van der Waals surface area contributed by atoms with E-state index < -0.39 is 28.4 Å². The summed E-state index contributed by atoms with van der Waals surface area (Å²) in [5, 5.41) is 12.1. The number of aryl methyl sites for hydroxylation is 2. The number of anilines is 1. The Hall–Kier alpha value is -3.36. The summed E-state index contributed by atoms with van der Waals surface area (Å²) in [4.78, 5) is 23.9. The number of carboxylic acid groups (broad SMARTS) is 1. The van der Waals surface area contributed by atoms with Gasteiger partial charge in [0.1, 0.15) is 6.54 Å². The van der Waals surface area contributed by atoms with Crippen LogP contribution < -0.4 is 9.62 Å². The minimum atomic E-state index is -4.06. The molecule has 7 nitrogen and oxygen atoms in total. The second-order valence-corrected chi connectivity index (χ2v) is 10.7. The number of hydrogen-bond acceptors (Lipinski definition) is 4. The molecule has 0 spiro atoms. The average molecular weight is 529 g/mol. The van der Waals surface area contributed by atoms with Gasteiger partial charge in [-0.15, -0.1) is 0 Å². The van der Waals surface area contributed by atoms with Crippen molar-refractivity contribution in [3.63, 3.8) is 0 Å². The van der Waals surface area contributed by atoms with Crippen LogP contribution >= 0.6 is 11.6 Å². The van der Waals surface area contributed by atoms with Crippen LogP contribution in [0, 0.1) is 6.92 Å². The molecule has 3 rings (SSSR count). The third kappa shape index (κ3) is 6.86. The van der Waals surface area contributed by atoms with Gasteiger partial charge in [-0.1, -0.05) is 66.6 Å². The first-order chi connectivity index (χ1) is 17.1. The molecule has 1 amide bonds. The molecule has 9 heteroatoms. The lowest BCUT2D eigenvalue weighted by Gasteiger charge is -2.26. The van der Waals surface area contributed by atoms with Gasteiger partial charge in [-0.2, -0.15) is 0 Å². The molecule has 0 bridgehead atoms. The predicted octanol–water partition coefficient (Wildman–Crippen LogP) is 4.74. The summed E-state index contributed by atoms with van der Waals surface area (Å²) in [5.41, 5.74) is 3.54. The van der Waals surface area contributed by atoms with Gasteiger partial charge in [-0.3, -0.25) is 13.9 Å². The lowest BCUT2D eigenvalue weighted by Crippen LogP contribution is -2.41. The normalized spacial score (nSPS) is 11.2. The number of aliphatic carboxylic acids is 1. The standard InChI is InChI=1S/C27H29ClN2O5S/c1-3-23-24(28)8-5-9-25(23)30(36(34,35)22-13-10-19(2)11-14-22)18-26(31)29-17-21-7-4-6-20(16-21)12-15-27(32)33/h4-11,13-14,16H,3,12,15,17-18H2,1-2H3,(H,29,31)(H,32,33). The van der Waals surface area contributed by atoms with Gasteiger partial charge in [-0.05, 0) is 60.7 Å². The van der Waals surface area contributed by atoms with Gasteiger partial charge in [0.05, 0.1) is 10.6 Å². The number of benzene rings is 3. The maximum Gasteiger partial charge on any atom is 0.303 e. The van der Waals surface area contributed by atoms with Crippen LogP contribution in [0.5, 0.6) is 0 Å². The molecule has 2 N–H and O–H groups in total. The SMILES string of the molecule is CCc1c(Cl)cccc1N(CC(=O)NCc1cccc(CCC(=O)O)c1)S(=O)(=O)c1ccc(C)cc1. The van der Waals surface area contributed by atoms with Crippen LogP contribution in [-0.4, -0.2) is 31.9 Å². The van der Waals surface area contributed by atoms with Crippen LogP contribution in [0.1, 0.15) is 35.6 Å². The maximum absolute atomic E-state index is 13.7. The fourth-order valence-electron chi connectivity index (χ4n) is 3.80. The number of hydrogen-bond donors (Lipinski definition) is 2. The van der Waals surface area contributed by atoms with E-state index in [9.17, 15) is 18.0 Å². The zero-order valence-corrected chi connectivity index (χ0v) is 21.8. The van der Waals surface area contributed by atoms with E-state index in [0.717, 1.165) is 21.0 Å². The van der Waals surface area contributed by atoms with Crippen molar-refractivity contribution in [2.45, 2.75) is 44.6 Å². The number of nitrogens with zero attached hydrogens (tertiary/aromatic N) is 1. The van der Waals surface area contributed by atoms with Crippen LogP contribution in [0.15, 0.2) is 71.6 Å². The Bertz CT molecular complexity index is 1340. The van der Waals surface area contributed by atoms with Crippen LogP contribution in [-0.2, 0) is 39.0 Å². The zero-order chi connectivity index (χ0) is 26.3. The Balaban J connectivity index is 1.85. The van der Waals surface area contributed by atoms with E-state index in [1.165, 1.54) is 12.1 Å². The Kier molecular flexibility index (Phi) is 9.12. The molecule has 0 fully saturated rings. The summed E-state index contributed by atoms with van der Waals surface area (Å²) >= 11 is 6.37. The predicted molar refractivity (Wildman–Crippen MR) is 141 cm³/mol. The van der Waals surface area contributed by atoms with Gasteiger partial charge in [-0.25, -0.2) is 8.42 Å². The first-order valence-corrected chi connectivity index (χ1v) is 13.4. The quantitative estimate of drug-likeness (QED) is 0.374. The van der Waals surface area contributed by atoms with E-state index in [2.05, 4.69) is 5.32 Å². The third-order valence-electron chi connectivity index (χ3n) is 5.72. The largest absolute Gasteiger partial charge is 0.481 e. The molecular weight excluding hydrogens is 500 g/mol. The number of sulfonamides is 1. The Morgan fingerprint density at radius 1 is 1.00 bits per heavy atom. The summed E-state index contributed by atoms with van der Waals surface area (Å²) in [6.07, 6.45) is 0.884. The molecule has 0 aliphatic rings. The van der Waals surface area contributed by atoms with Crippen molar-refractivity contribution in [1.29, 1.82) is 0 Å². The van der Waals surface area contributed by atoms with E-state index in [4.69, 9.17) is 16.7 Å². The van der Waals surface area contributed by atoms with Crippen LogP contribution in [0.25, 0.3) is 0 Å². The maximum atomic E-state index is 13.7. The number of carbonyl (C=O) groups excluding carboxylic acids is 1. The summed E-state index contributed by atoms with van der Waals surface area (Å²) in [7, 11) is -4.06. The second-order valence-electron chi connectivity index (χ2n) is 8.41. The highest BCUT2D eigenvalue weighted by atomic mass is 35.5. The first kappa shape index (κ1) is 27.2. The molecule has 36 heavy (non-hydrogen) atoms. The molecule has 0 aliphatic heterocycles. The molecule has 0 aliphatic carbocycles. The van der Waals surface area contributed by atoms with Crippen molar-refractivity contribution in [2.24, 2.45) is 0 Å². The van der Waals surface area contributed by atoms with Crippen LogP contribution in [0.4, 0.5) is 5.69 Å². The lowest BCUT2D eigenvalue weighted by atomic mass is 10.1. The number of carbonyl (C=O) groups is 2. The number of rotatable bonds is 11. The molecule has 0 unspecified atom stereocenters. The number of halogens is 1. The molecule has 0 heterocycles. The molecule has 0 radical (unpaired) electrons. The molecule has 0 aromatic heterocycles. The lowest BCUT2D eigenvalue weighted by molar-refractivity contribution is -0.137. The smallest absolute Gasteiger partial charge is 0.303 e. The highest BCUT2D eigenvalue weighted by molar-refractivity contribution is 7.92. The van der Waals surface area contributed by atoms with Gasteiger partial charge in [0.25, 0.3) is 10.0 Å². The van der Waals surface area contributed by atoms with Gasteiger partial charge < -0.3 is 10.4 Å². The van der Waals surface area contributed by atoms with Crippen LogP contribution in [0.2, 0.25) is 5.02 Å². The molecule has 3 aromatic rings. The Morgan fingerprint density at radius 2 is 1.67 bits per heavy atom. The molecule has 0 atom stereocenters. The zero-order valence-electron chi connectivity index (χ0n) is 20.2. The van der Waals surface area contributed by atoms with E-state index in [-0.39, 0.29) is 17.9 Å². The van der Waals surface area contributed by atoms with Crippen molar-refractivity contribution in [2.75, 3.05) is 10.8 Å². The van der Waals surface area contributed by atoms with Crippen molar-refractivity contribution in [3.05, 3.63) is 94.0 Å². The molecular formula is C27H29ClN2O5S. The van der Waals surface area contributed by atoms with E-state index >= 15 is 0 Å². The second kappa shape index (κ2) is 12.1. The summed E-state index contributed by atoms with van der Waals surface area (Å²) in [6.45, 7) is 3.49. The molecule has 0 saturated carbocycles. The molecule has 190 valence electrons. The van der Waals surface area contributed by atoms with E-state index in [1.54, 1.807) is 36.4 Å². The minimum Gasteiger partial charge on any atom is -0.481 e. The fraction of sp³-hybridized carbons (Fsp3) is 0.259.